The van der Waals surface area contributed by atoms with E-state index in [9.17, 15) is 4.79 Å². The van der Waals surface area contributed by atoms with Crippen LogP contribution in [0, 0.1) is 0 Å². The molecule has 5 rings (SSSR count). The summed E-state index contributed by atoms with van der Waals surface area (Å²) >= 11 is 0. The number of anilines is 1. The van der Waals surface area contributed by atoms with E-state index in [1.54, 1.807) is 0 Å². The van der Waals surface area contributed by atoms with Crippen LogP contribution in [0.15, 0.2) is 65.2 Å². The maximum Gasteiger partial charge on any atom is 0.228 e. The number of benzene rings is 2. The van der Waals surface area contributed by atoms with E-state index in [4.69, 9.17) is 9.26 Å². The van der Waals surface area contributed by atoms with Crippen LogP contribution in [0.2, 0.25) is 0 Å². The van der Waals surface area contributed by atoms with Gasteiger partial charge in [0.15, 0.2) is 11.4 Å². The SMILES string of the molecule is CCOc1ccc(-c2ccc(N3CCN(C(=O)Cc4noc5ccccc45)CC3)nn2)cc1. The molecule has 2 aromatic carbocycles. The summed E-state index contributed by atoms with van der Waals surface area (Å²) < 4.78 is 10.8. The first-order valence-electron chi connectivity index (χ1n) is 11.1. The molecule has 0 bridgehead atoms. The predicted octanol–water partition coefficient (Wildman–Crippen LogP) is 3.57. The molecule has 0 radical (unpaired) electrons. The number of ether oxygens (including phenoxy) is 1. The number of nitrogens with zero attached hydrogens (tertiary/aromatic N) is 5. The molecule has 1 aliphatic heterocycles. The lowest BCUT2D eigenvalue weighted by Crippen LogP contribution is -2.49. The van der Waals surface area contributed by atoms with Crippen molar-refractivity contribution in [3.63, 3.8) is 0 Å². The zero-order valence-corrected chi connectivity index (χ0v) is 18.5. The summed E-state index contributed by atoms with van der Waals surface area (Å²) in [5.41, 5.74) is 3.20. The molecule has 0 saturated carbocycles. The highest BCUT2D eigenvalue weighted by atomic mass is 16.5. The molecule has 8 heteroatoms. The van der Waals surface area contributed by atoms with E-state index in [1.807, 2.05) is 72.5 Å². The van der Waals surface area contributed by atoms with Gasteiger partial charge in [-0.2, -0.15) is 0 Å². The Labute approximate surface area is 191 Å². The van der Waals surface area contributed by atoms with Crippen molar-refractivity contribution < 1.29 is 14.1 Å². The molecular weight excluding hydrogens is 418 g/mol. The third kappa shape index (κ3) is 4.50. The van der Waals surface area contributed by atoms with Crippen molar-refractivity contribution in [1.29, 1.82) is 0 Å². The summed E-state index contributed by atoms with van der Waals surface area (Å²) in [5, 5.41) is 13.8. The summed E-state index contributed by atoms with van der Waals surface area (Å²) in [6.07, 6.45) is 0.244. The van der Waals surface area contributed by atoms with Crippen molar-refractivity contribution in [3.8, 4) is 17.0 Å². The molecule has 0 N–H and O–H groups in total. The topological polar surface area (TPSA) is 84.6 Å². The molecule has 4 aromatic rings. The van der Waals surface area contributed by atoms with Crippen molar-refractivity contribution >= 4 is 22.7 Å². The zero-order valence-electron chi connectivity index (χ0n) is 18.5. The number of para-hydroxylation sites is 1. The molecule has 0 unspecified atom stereocenters. The first-order chi connectivity index (χ1) is 16.2. The van der Waals surface area contributed by atoms with Gasteiger partial charge in [0, 0.05) is 37.1 Å². The number of piperazine rings is 1. The Morgan fingerprint density at radius 2 is 1.76 bits per heavy atom. The van der Waals surface area contributed by atoms with Crippen LogP contribution in [0.1, 0.15) is 12.6 Å². The second-order valence-electron chi connectivity index (χ2n) is 7.90. The number of hydrogen-bond acceptors (Lipinski definition) is 7. The molecule has 3 heterocycles. The summed E-state index contributed by atoms with van der Waals surface area (Å²) in [5.74, 6) is 1.72. The van der Waals surface area contributed by atoms with Gasteiger partial charge in [-0.3, -0.25) is 4.79 Å². The maximum absolute atomic E-state index is 12.8. The molecule has 1 amide bonds. The molecule has 33 heavy (non-hydrogen) atoms. The lowest BCUT2D eigenvalue weighted by molar-refractivity contribution is -0.130. The van der Waals surface area contributed by atoms with Gasteiger partial charge in [-0.1, -0.05) is 17.3 Å². The molecule has 8 nitrogen and oxygen atoms in total. The highest BCUT2D eigenvalue weighted by Crippen LogP contribution is 2.23. The molecule has 168 valence electrons. The van der Waals surface area contributed by atoms with E-state index in [2.05, 4.69) is 20.3 Å². The van der Waals surface area contributed by atoms with Crippen LogP contribution in [-0.2, 0) is 11.2 Å². The maximum atomic E-state index is 12.8. The van der Waals surface area contributed by atoms with Gasteiger partial charge in [0.1, 0.15) is 11.4 Å². The van der Waals surface area contributed by atoms with E-state index in [0.717, 1.165) is 28.2 Å². The molecule has 2 aromatic heterocycles. The summed E-state index contributed by atoms with van der Waals surface area (Å²) in [4.78, 5) is 16.8. The Bertz CT molecular complexity index is 1230. The number of rotatable bonds is 6. The van der Waals surface area contributed by atoms with Crippen molar-refractivity contribution in [2.45, 2.75) is 13.3 Å². The molecule has 0 atom stereocenters. The summed E-state index contributed by atoms with van der Waals surface area (Å²) in [6.45, 7) is 5.30. The molecule has 0 aliphatic carbocycles. The van der Waals surface area contributed by atoms with Gasteiger partial charge in [-0.15, -0.1) is 10.2 Å². The van der Waals surface area contributed by atoms with Gasteiger partial charge in [0.2, 0.25) is 5.91 Å². The minimum atomic E-state index is 0.0608. The first kappa shape index (κ1) is 20.9. The monoisotopic (exact) mass is 443 g/mol. The van der Waals surface area contributed by atoms with Gasteiger partial charge in [-0.05, 0) is 55.5 Å². The first-order valence-corrected chi connectivity index (χ1v) is 11.1. The average molecular weight is 444 g/mol. The Hall–Kier alpha value is -3.94. The minimum Gasteiger partial charge on any atom is -0.494 e. The van der Waals surface area contributed by atoms with E-state index in [0.29, 0.717) is 44.1 Å². The van der Waals surface area contributed by atoms with Crippen LogP contribution in [0.5, 0.6) is 5.75 Å². The number of carbonyl (C=O) groups is 1. The predicted molar refractivity (Wildman–Crippen MR) is 125 cm³/mol. The number of amides is 1. The van der Waals surface area contributed by atoms with Crippen LogP contribution in [0.4, 0.5) is 5.82 Å². The van der Waals surface area contributed by atoms with Gasteiger partial charge in [0.25, 0.3) is 0 Å². The van der Waals surface area contributed by atoms with Crippen LogP contribution in [0.25, 0.3) is 22.2 Å². The summed E-state index contributed by atoms with van der Waals surface area (Å²) in [6, 6.07) is 19.4. The van der Waals surface area contributed by atoms with Gasteiger partial charge >= 0.3 is 0 Å². The Morgan fingerprint density at radius 3 is 2.48 bits per heavy atom. The molecular formula is C25H25N5O3. The smallest absolute Gasteiger partial charge is 0.228 e. The van der Waals surface area contributed by atoms with Crippen LogP contribution >= 0.6 is 0 Å². The Morgan fingerprint density at radius 1 is 0.970 bits per heavy atom. The fourth-order valence-corrected chi connectivity index (χ4v) is 4.04. The molecule has 0 spiro atoms. The highest BCUT2D eigenvalue weighted by Gasteiger charge is 2.23. The number of hydrogen-bond donors (Lipinski definition) is 0. The van der Waals surface area contributed by atoms with Crippen LogP contribution in [-0.4, -0.2) is 58.9 Å². The lowest BCUT2D eigenvalue weighted by atomic mass is 10.1. The standard InChI is InChI=1S/C25H25N5O3/c1-2-32-19-9-7-18(8-10-19)21-11-12-24(27-26-21)29-13-15-30(16-14-29)25(31)17-22-20-5-3-4-6-23(20)33-28-22/h3-12H,2,13-17H2,1H3. The third-order valence-electron chi connectivity index (χ3n) is 5.84. The third-order valence-corrected chi connectivity index (χ3v) is 5.84. The number of aromatic nitrogens is 3. The van der Waals surface area contributed by atoms with Crippen molar-refractivity contribution in [2.24, 2.45) is 0 Å². The molecule has 1 saturated heterocycles. The molecule has 1 aliphatic rings. The fraction of sp³-hybridized carbons (Fsp3) is 0.280. The Balaban J connectivity index is 1.18. The van der Waals surface area contributed by atoms with Gasteiger partial charge < -0.3 is 19.1 Å². The lowest BCUT2D eigenvalue weighted by Gasteiger charge is -2.35. The highest BCUT2D eigenvalue weighted by molar-refractivity contribution is 5.86. The number of fused-ring (bicyclic) bond motifs is 1. The second-order valence-corrected chi connectivity index (χ2v) is 7.90. The summed E-state index contributed by atoms with van der Waals surface area (Å²) in [7, 11) is 0. The second kappa shape index (κ2) is 9.28. The Kier molecular flexibility index (Phi) is 5.89. The van der Waals surface area contributed by atoms with Gasteiger partial charge in [-0.25, -0.2) is 0 Å². The van der Waals surface area contributed by atoms with Crippen molar-refractivity contribution in [1.82, 2.24) is 20.3 Å². The van der Waals surface area contributed by atoms with E-state index in [1.165, 1.54) is 0 Å². The van der Waals surface area contributed by atoms with Gasteiger partial charge in [0.05, 0.1) is 18.7 Å². The number of carbonyl (C=O) groups excluding carboxylic acids is 1. The molecule has 1 fully saturated rings. The van der Waals surface area contributed by atoms with E-state index in [-0.39, 0.29) is 12.3 Å². The van der Waals surface area contributed by atoms with Crippen LogP contribution in [0.3, 0.4) is 0 Å². The zero-order chi connectivity index (χ0) is 22.6. The fourth-order valence-electron chi connectivity index (χ4n) is 4.04. The average Bonchev–Trinajstić information content (AvgIpc) is 3.28. The normalized spacial score (nSPS) is 14.0. The van der Waals surface area contributed by atoms with Crippen molar-refractivity contribution in [3.05, 3.63) is 66.4 Å². The minimum absolute atomic E-state index is 0.0608. The van der Waals surface area contributed by atoms with E-state index < -0.39 is 0 Å². The van der Waals surface area contributed by atoms with E-state index >= 15 is 0 Å². The quantitative estimate of drug-likeness (QED) is 0.450. The van der Waals surface area contributed by atoms with Crippen molar-refractivity contribution in [2.75, 3.05) is 37.7 Å². The van der Waals surface area contributed by atoms with Crippen LogP contribution < -0.4 is 9.64 Å². The largest absolute Gasteiger partial charge is 0.494 e.